The van der Waals surface area contributed by atoms with Crippen LogP contribution in [0.1, 0.15) is 89.6 Å². The Hall–Kier alpha value is -9.50. The van der Waals surface area contributed by atoms with Crippen molar-refractivity contribution in [3.63, 3.8) is 0 Å². The third-order valence-corrected chi connectivity index (χ3v) is 18.4. The van der Waals surface area contributed by atoms with Gasteiger partial charge in [0, 0.05) is 65.2 Å². The molecule has 0 saturated heterocycles. The fraction of sp³-hybridized carbons (Fsp3) is 0.182. The maximum Gasteiger partial charge on any atom is 0.262 e. The van der Waals surface area contributed by atoms with Gasteiger partial charge >= 0.3 is 0 Å². The summed E-state index contributed by atoms with van der Waals surface area (Å²) in [6.45, 7) is 0.350. The molecule has 0 radical (unpaired) electrons. The van der Waals surface area contributed by atoms with Crippen molar-refractivity contribution in [2.75, 3.05) is 14.2 Å². The largest absolute Gasteiger partial charge is 0.497 e. The lowest BCUT2D eigenvalue weighted by Gasteiger charge is -2.24. The minimum atomic E-state index is -0.972. The van der Waals surface area contributed by atoms with Crippen LogP contribution in [0.3, 0.4) is 0 Å². The number of carbonyl (C=O) groups excluding carboxylic acids is 4. The second-order valence-electron chi connectivity index (χ2n) is 22.1. The van der Waals surface area contributed by atoms with Crippen LogP contribution in [-0.2, 0) is 13.1 Å². The number of aliphatic hydroxyl groups is 2. The number of amides is 4. The summed E-state index contributed by atoms with van der Waals surface area (Å²) in [5, 5.41) is 29.7. The molecule has 80 heavy (non-hydrogen) atoms. The van der Waals surface area contributed by atoms with Crippen LogP contribution in [0, 0.1) is 0 Å². The zero-order chi connectivity index (χ0) is 53.7. The molecule has 4 aliphatic heterocycles. The molecule has 8 heterocycles. The number of imide groups is 2. The van der Waals surface area contributed by atoms with Gasteiger partial charge in [0.05, 0.1) is 95.8 Å². The van der Waals surface area contributed by atoms with Crippen molar-refractivity contribution in [1.29, 1.82) is 0 Å². The molecule has 8 aromatic carbocycles. The van der Waals surface area contributed by atoms with Crippen molar-refractivity contribution in [3.05, 3.63) is 191 Å². The van der Waals surface area contributed by atoms with Gasteiger partial charge in [-0.05, 0) is 72.5 Å². The summed E-state index contributed by atoms with van der Waals surface area (Å²) in [5.41, 5.74) is 11.4. The number of nitrogens with zero attached hydrogens (tertiary/aromatic N) is 6. The van der Waals surface area contributed by atoms with Gasteiger partial charge in [-0.15, -0.1) is 0 Å². The van der Waals surface area contributed by atoms with E-state index in [9.17, 15) is 29.4 Å². The summed E-state index contributed by atoms with van der Waals surface area (Å²) in [5.74, 6) is 0.348. The topological polar surface area (TPSA) is 153 Å². The molecule has 12 aromatic rings. The maximum atomic E-state index is 14.3. The van der Waals surface area contributed by atoms with Gasteiger partial charge in [-0.25, -0.2) is 0 Å². The zero-order valence-electron chi connectivity index (χ0n) is 43.3. The highest BCUT2D eigenvalue weighted by atomic mass is 16.5. The Morgan fingerprint density at radius 3 is 1.02 bits per heavy atom. The number of hydrogen-bond donors (Lipinski definition) is 2. The number of carbonyl (C=O) groups is 4. The fourth-order valence-corrected chi connectivity index (χ4v) is 15.1. The molecule has 390 valence electrons. The summed E-state index contributed by atoms with van der Waals surface area (Å²) < 4.78 is 19.6. The van der Waals surface area contributed by atoms with Crippen LogP contribution >= 0.6 is 0 Å². The average Bonchev–Trinajstić information content (AvgIpc) is 4.49. The number of para-hydroxylation sites is 4. The van der Waals surface area contributed by atoms with Crippen molar-refractivity contribution in [3.8, 4) is 11.5 Å². The Kier molecular flexibility index (Phi) is 9.14. The summed E-state index contributed by atoms with van der Waals surface area (Å²) in [6, 6.07) is 46.9. The summed E-state index contributed by atoms with van der Waals surface area (Å²) in [4.78, 5) is 60.1. The fourth-order valence-electron chi connectivity index (χ4n) is 15.1. The van der Waals surface area contributed by atoms with Gasteiger partial charge in [-0.2, -0.15) is 0 Å². The number of hydrogen-bond acceptors (Lipinski definition) is 8. The summed E-state index contributed by atoms with van der Waals surface area (Å²) in [6.07, 6.45) is 4.15. The number of allylic oxidation sites excluding steroid dienone is 2. The summed E-state index contributed by atoms with van der Waals surface area (Å²) >= 11 is 0. The molecule has 6 aliphatic rings. The van der Waals surface area contributed by atoms with E-state index in [0.29, 0.717) is 34.4 Å². The first kappa shape index (κ1) is 45.5. The highest BCUT2D eigenvalue weighted by molar-refractivity contribution is 6.41. The van der Waals surface area contributed by atoms with E-state index in [1.165, 1.54) is 9.80 Å². The second kappa shape index (κ2) is 16.1. The van der Waals surface area contributed by atoms with Crippen LogP contribution in [0.15, 0.2) is 158 Å². The maximum absolute atomic E-state index is 14.3. The van der Waals surface area contributed by atoms with Gasteiger partial charge in [0.2, 0.25) is 0 Å². The van der Waals surface area contributed by atoms with Crippen LogP contribution in [0.2, 0.25) is 0 Å². The van der Waals surface area contributed by atoms with Crippen molar-refractivity contribution in [2.24, 2.45) is 0 Å². The Morgan fingerprint density at radius 1 is 0.400 bits per heavy atom. The number of aliphatic hydroxyl groups excluding tert-OH is 2. The zero-order valence-corrected chi connectivity index (χ0v) is 43.3. The standard InChI is InChI=1S/C33H25N3O5.C33H23N3O3/c1-41-17-12-10-16(11-13-17)15-34-32(39)26-24-18-6-2-4-8-20(18)35-22-14-23(31(38)30(22)37)36-21-9-5-3-7-19(21)25(27(26)33(34)40)29(36)28(24)35;1-39-21-14-10-18(11-15-21)17-34-32(37)28-26-22-6-2-4-8-24(22)35-19-12-13-20(16-19)36-25-9-5-3-7-23(25)27(29(28)33(34)38)31(36)30(26)35/h2-13,22-23,30-31,37-38H,14-15H2,1H3;2-15,19-20H,16-17H2,1H3/t22?,23?,30-,31+;. The third-order valence-electron chi connectivity index (χ3n) is 18.4. The minimum absolute atomic E-state index is 0.138. The molecule has 4 unspecified atom stereocenters. The second-order valence-corrected chi connectivity index (χ2v) is 22.1. The average molecular weight is 1050 g/mol. The minimum Gasteiger partial charge on any atom is -0.497 e. The number of aromatic nitrogens is 4. The van der Waals surface area contributed by atoms with E-state index in [1.54, 1.807) is 14.2 Å². The van der Waals surface area contributed by atoms with Crippen LogP contribution in [0.5, 0.6) is 11.5 Å². The molecule has 0 spiro atoms. The van der Waals surface area contributed by atoms with Gasteiger partial charge < -0.3 is 38.0 Å². The van der Waals surface area contributed by atoms with E-state index in [4.69, 9.17) is 9.47 Å². The molecule has 14 heteroatoms. The first-order valence-corrected chi connectivity index (χ1v) is 27.2. The number of benzene rings is 8. The predicted octanol–water partition coefficient (Wildman–Crippen LogP) is 11.7. The number of rotatable bonds is 6. The smallest absolute Gasteiger partial charge is 0.262 e. The number of fused-ring (bicyclic) bond motifs is 26. The molecule has 2 N–H and O–H groups in total. The van der Waals surface area contributed by atoms with E-state index in [2.05, 4.69) is 66.8 Å². The molecule has 4 amide bonds. The molecule has 1 saturated carbocycles. The van der Waals surface area contributed by atoms with Gasteiger partial charge in [-0.3, -0.25) is 29.0 Å². The molecule has 1 fully saturated rings. The highest BCUT2D eigenvalue weighted by Gasteiger charge is 2.51. The normalized spacial score (nSPS) is 21.2. The van der Waals surface area contributed by atoms with Gasteiger partial charge in [0.25, 0.3) is 23.6 Å². The Balaban J connectivity index is 0.000000128. The predicted molar refractivity (Wildman–Crippen MR) is 306 cm³/mol. The molecule has 2 aliphatic carbocycles. The highest BCUT2D eigenvalue weighted by Crippen LogP contribution is 2.56. The van der Waals surface area contributed by atoms with Crippen LogP contribution in [0.25, 0.3) is 87.2 Å². The molecular weight excluding hydrogens is 1000 g/mol. The Labute approximate surface area is 455 Å². The molecule has 4 aromatic heterocycles. The van der Waals surface area contributed by atoms with E-state index < -0.39 is 12.2 Å². The molecular formula is C66H48N6O8. The van der Waals surface area contributed by atoms with Crippen molar-refractivity contribution in [1.82, 2.24) is 28.1 Å². The van der Waals surface area contributed by atoms with Crippen molar-refractivity contribution < 1.29 is 38.9 Å². The van der Waals surface area contributed by atoms with E-state index >= 15 is 0 Å². The lowest BCUT2D eigenvalue weighted by atomic mass is 9.96. The van der Waals surface area contributed by atoms with Crippen molar-refractivity contribution >= 4 is 111 Å². The van der Waals surface area contributed by atoms with Crippen LogP contribution in [-0.4, -0.2) is 88.3 Å². The van der Waals surface area contributed by atoms with Gasteiger partial charge in [-0.1, -0.05) is 109 Å². The van der Waals surface area contributed by atoms with Crippen LogP contribution < -0.4 is 9.47 Å². The molecule has 18 rings (SSSR count). The lowest BCUT2D eigenvalue weighted by Crippen LogP contribution is -2.31. The lowest BCUT2D eigenvalue weighted by molar-refractivity contribution is 0.0101. The first-order valence-electron chi connectivity index (χ1n) is 27.2. The van der Waals surface area contributed by atoms with Gasteiger partial charge in [0.15, 0.2) is 0 Å². The quantitative estimate of drug-likeness (QED) is 0.123. The number of methoxy groups -OCH3 is 2. The van der Waals surface area contributed by atoms with E-state index in [1.807, 2.05) is 109 Å². The van der Waals surface area contributed by atoms with E-state index in [0.717, 1.165) is 111 Å². The third kappa shape index (κ3) is 5.63. The molecule has 6 atom stereocenters. The molecule has 14 nitrogen and oxygen atoms in total. The summed E-state index contributed by atoms with van der Waals surface area (Å²) in [7, 11) is 3.22. The van der Waals surface area contributed by atoms with Gasteiger partial charge in [0.1, 0.15) is 23.7 Å². The van der Waals surface area contributed by atoms with E-state index in [-0.39, 0.29) is 60.9 Å². The SMILES string of the molecule is COc1ccc(CN2C(=O)c3c(c4c5ccccc5n5c4c4c3c3ccccc3n4C3C=CC5C3)C2=O)cc1.COc1ccc(CN2C(=O)c3c(c4c5ccccc5n5c4c4c3c3ccccc3n4C3CC5[C@H](O)[C@@H]3O)C2=O)cc1. The Bertz CT molecular complexity index is 4610. The monoisotopic (exact) mass is 1050 g/mol. The molecule has 4 bridgehead atoms. The van der Waals surface area contributed by atoms with Crippen LogP contribution in [0.4, 0.5) is 0 Å². The van der Waals surface area contributed by atoms with Crippen molar-refractivity contribution in [2.45, 2.75) is 62.3 Å². The number of ether oxygens (including phenoxy) is 2. The first-order chi connectivity index (χ1) is 39.1. The Morgan fingerprint density at radius 2 is 0.700 bits per heavy atom.